The van der Waals surface area contributed by atoms with Crippen molar-refractivity contribution < 1.29 is 4.74 Å². The Hall–Kier alpha value is -0.480. The van der Waals surface area contributed by atoms with E-state index in [2.05, 4.69) is 16.7 Å². The average molecular weight is 345 g/mol. The third-order valence-corrected chi connectivity index (χ3v) is 4.64. The van der Waals surface area contributed by atoms with Gasteiger partial charge < -0.3 is 15.4 Å². The summed E-state index contributed by atoms with van der Waals surface area (Å²) >= 11 is 6.10. The fraction of sp³-hybridized carbons (Fsp3) is 0.647. The molecule has 1 aromatic carbocycles. The highest BCUT2D eigenvalue weighted by Crippen LogP contribution is 2.31. The number of rotatable bonds is 7. The maximum atomic E-state index is 6.10. The van der Waals surface area contributed by atoms with E-state index in [1.54, 1.807) is 0 Å². The quantitative estimate of drug-likeness (QED) is 0.792. The first-order valence-electron chi connectivity index (χ1n) is 8.14. The minimum absolute atomic E-state index is 0. The van der Waals surface area contributed by atoms with E-state index in [0.717, 1.165) is 55.4 Å². The van der Waals surface area contributed by atoms with Gasteiger partial charge in [0.15, 0.2) is 0 Å². The van der Waals surface area contributed by atoms with E-state index >= 15 is 0 Å². The Morgan fingerprint density at radius 1 is 1.14 bits per heavy atom. The normalized spacial score (nSPS) is 18.8. The Balaban J connectivity index is 0.00000176. The zero-order valence-electron chi connectivity index (χ0n) is 12.9. The molecule has 2 N–H and O–H groups in total. The lowest BCUT2D eigenvalue weighted by atomic mass is 9.98. The maximum absolute atomic E-state index is 6.10. The van der Waals surface area contributed by atoms with Gasteiger partial charge in [0.05, 0.1) is 6.61 Å². The first kappa shape index (κ1) is 17.9. The smallest absolute Gasteiger partial charge is 0.125 e. The molecule has 5 heteroatoms. The van der Waals surface area contributed by atoms with Gasteiger partial charge in [0.1, 0.15) is 5.75 Å². The molecule has 0 bridgehead atoms. The van der Waals surface area contributed by atoms with Gasteiger partial charge in [-0.1, -0.05) is 17.7 Å². The predicted octanol–water partition coefficient (Wildman–Crippen LogP) is 3.64. The van der Waals surface area contributed by atoms with Crippen molar-refractivity contribution in [2.24, 2.45) is 11.8 Å². The summed E-state index contributed by atoms with van der Waals surface area (Å²) in [5, 5.41) is 7.75. The highest BCUT2D eigenvalue weighted by atomic mass is 35.5. The average Bonchev–Trinajstić information content (AvgIpc) is 3.32. The number of nitrogens with one attached hydrogen (secondary N) is 2. The fourth-order valence-electron chi connectivity index (χ4n) is 2.80. The van der Waals surface area contributed by atoms with Crippen molar-refractivity contribution in [2.75, 3.05) is 26.2 Å². The topological polar surface area (TPSA) is 33.3 Å². The predicted molar refractivity (Wildman–Crippen MR) is 94.2 cm³/mol. The van der Waals surface area contributed by atoms with Gasteiger partial charge in [0.25, 0.3) is 0 Å². The van der Waals surface area contributed by atoms with Crippen LogP contribution in [0.1, 0.15) is 31.2 Å². The molecular weight excluding hydrogens is 319 g/mol. The Labute approximate surface area is 144 Å². The van der Waals surface area contributed by atoms with Crippen molar-refractivity contribution in [3.63, 3.8) is 0 Å². The number of hydrogen-bond acceptors (Lipinski definition) is 3. The van der Waals surface area contributed by atoms with Crippen molar-refractivity contribution in [2.45, 2.75) is 32.2 Å². The molecule has 124 valence electrons. The summed E-state index contributed by atoms with van der Waals surface area (Å²) in [6.45, 7) is 5.10. The SMILES string of the molecule is Cl.Clc1ccc(CNCC2CCNCC2)c(OCC2CC2)c1. The highest BCUT2D eigenvalue weighted by Gasteiger charge is 2.22. The molecule has 1 aromatic rings. The van der Waals surface area contributed by atoms with Gasteiger partial charge >= 0.3 is 0 Å². The summed E-state index contributed by atoms with van der Waals surface area (Å²) in [6.07, 6.45) is 5.17. The van der Waals surface area contributed by atoms with Crippen LogP contribution in [0.4, 0.5) is 0 Å². The highest BCUT2D eigenvalue weighted by molar-refractivity contribution is 6.30. The molecule has 1 aliphatic carbocycles. The minimum atomic E-state index is 0. The molecule has 0 amide bonds. The molecule has 0 atom stereocenters. The van der Waals surface area contributed by atoms with Crippen LogP contribution in [0.25, 0.3) is 0 Å². The first-order valence-corrected chi connectivity index (χ1v) is 8.52. The summed E-state index contributed by atoms with van der Waals surface area (Å²) in [4.78, 5) is 0. The maximum Gasteiger partial charge on any atom is 0.125 e. The summed E-state index contributed by atoms with van der Waals surface area (Å²) in [6, 6.07) is 5.98. The van der Waals surface area contributed by atoms with Gasteiger partial charge in [0.2, 0.25) is 0 Å². The van der Waals surface area contributed by atoms with E-state index in [1.165, 1.54) is 31.2 Å². The third-order valence-electron chi connectivity index (χ3n) is 4.41. The van der Waals surface area contributed by atoms with Crippen LogP contribution < -0.4 is 15.4 Å². The summed E-state index contributed by atoms with van der Waals surface area (Å²) in [5.74, 6) is 2.51. The van der Waals surface area contributed by atoms with Gasteiger partial charge in [-0.3, -0.25) is 0 Å². The second kappa shape index (κ2) is 8.97. The fourth-order valence-corrected chi connectivity index (χ4v) is 2.96. The first-order chi connectivity index (χ1) is 10.3. The van der Waals surface area contributed by atoms with Crippen LogP contribution in [-0.2, 0) is 6.54 Å². The van der Waals surface area contributed by atoms with Gasteiger partial charge in [-0.15, -0.1) is 12.4 Å². The largest absolute Gasteiger partial charge is 0.493 e. The molecule has 2 aliphatic rings. The molecule has 2 fully saturated rings. The second-order valence-electron chi connectivity index (χ2n) is 6.33. The lowest BCUT2D eigenvalue weighted by molar-refractivity contribution is 0.295. The van der Waals surface area contributed by atoms with Crippen LogP contribution in [0.5, 0.6) is 5.75 Å². The summed E-state index contributed by atoms with van der Waals surface area (Å²) in [7, 11) is 0. The van der Waals surface area contributed by atoms with Crippen LogP contribution >= 0.6 is 24.0 Å². The zero-order valence-corrected chi connectivity index (χ0v) is 14.5. The second-order valence-corrected chi connectivity index (χ2v) is 6.77. The molecule has 1 saturated carbocycles. The van der Waals surface area contributed by atoms with Crippen molar-refractivity contribution >= 4 is 24.0 Å². The molecule has 22 heavy (non-hydrogen) atoms. The van der Waals surface area contributed by atoms with E-state index in [0.29, 0.717) is 0 Å². The van der Waals surface area contributed by atoms with Gasteiger partial charge in [-0.25, -0.2) is 0 Å². The van der Waals surface area contributed by atoms with Crippen molar-refractivity contribution in [3.05, 3.63) is 28.8 Å². The van der Waals surface area contributed by atoms with E-state index in [-0.39, 0.29) is 12.4 Å². The summed E-state index contributed by atoms with van der Waals surface area (Å²) in [5.41, 5.74) is 1.22. The monoisotopic (exact) mass is 344 g/mol. The molecular formula is C17H26Cl2N2O. The van der Waals surface area contributed by atoms with Crippen LogP contribution in [0, 0.1) is 11.8 Å². The minimum Gasteiger partial charge on any atom is -0.493 e. The standard InChI is InChI=1S/C17H25ClN2O.ClH/c18-16-4-3-15(17(9-16)21-12-14-1-2-14)11-20-10-13-5-7-19-8-6-13;/h3-4,9,13-14,19-20H,1-2,5-8,10-12H2;1H. The van der Waals surface area contributed by atoms with Gasteiger partial charge in [-0.2, -0.15) is 0 Å². The molecule has 3 rings (SSSR count). The number of ether oxygens (including phenoxy) is 1. The van der Waals surface area contributed by atoms with E-state index in [4.69, 9.17) is 16.3 Å². The van der Waals surface area contributed by atoms with Crippen molar-refractivity contribution in [1.29, 1.82) is 0 Å². The van der Waals surface area contributed by atoms with E-state index in [9.17, 15) is 0 Å². The Morgan fingerprint density at radius 2 is 1.91 bits per heavy atom. The lowest BCUT2D eigenvalue weighted by Crippen LogP contribution is -2.33. The van der Waals surface area contributed by atoms with Crippen LogP contribution in [0.15, 0.2) is 18.2 Å². The van der Waals surface area contributed by atoms with Crippen LogP contribution in [0.3, 0.4) is 0 Å². The third kappa shape index (κ3) is 5.62. The van der Waals surface area contributed by atoms with Gasteiger partial charge in [-0.05, 0) is 69.3 Å². The molecule has 0 unspecified atom stereocenters. The zero-order chi connectivity index (χ0) is 14.5. The Bertz CT molecular complexity index is 460. The molecule has 0 aromatic heterocycles. The van der Waals surface area contributed by atoms with Crippen molar-refractivity contribution in [1.82, 2.24) is 10.6 Å². The molecule has 3 nitrogen and oxygen atoms in total. The number of halogens is 2. The number of benzene rings is 1. The van der Waals surface area contributed by atoms with E-state index < -0.39 is 0 Å². The molecule has 0 radical (unpaired) electrons. The Kier molecular flexibility index (Phi) is 7.29. The molecule has 1 saturated heterocycles. The number of hydrogen-bond donors (Lipinski definition) is 2. The van der Waals surface area contributed by atoms with Crippen LogP contribution in [0.2, 0.25) is 5.02 Å². The number of piperidine rings is 1. The Morgan fingerprint density at radius 3 is 2.64 bits per heavy atom. The lowest BCUT2D eigenvalue weighted by Gasteiger charge is -2.23. The molecule has 0 spiro atoms. The molecule has 1 heterocycles. The summed E-state index contributed by atoms with van der Waals surface area (Å²) < 4.78 is 5.95. The van der Waals surface area contributed by atoms with E-state index in [1.807, 2.05) is 12.1 Å². The molecule has 1 aliphatic heterocycles. The van der Waals surface area contributed by atoms with Crippen molar-refractivity contribution in [3.8, 4) is 5.75 Å². The van der Waals surface area contributed by atoms with Crippen LogP contribution in [-0.4, -0.2) is 26.2 Å². The van der Waals surface area contributed by atoms with Gasteiger partial charge in [0, 0.05) is 17.1 Å².